The maximum atomic E-state index is 13.4. The van der Waals surface area contributed by atoms with Gasteiger partial charge in [0.2, 0.25) is 0 Å². The molecule has 0 aliphatic heterocycles. The maximum Gasteiger partial charge on any atom is 0.490 e. The Kier molecular flexibility index (Phi) is 7.06. The van der Waals surface area contributed by atoms with Gasteiger partial charge in [-0.3, -0.25) is 4.79 Å². The molecule has 0 radical (unpaired) electrons. The molecule has 4 bridgehead atoms. The minimum atomic E-state index is -5.30. The number of hydrogen-bond donors (Lipinski definition) is 1. The molecule has 4 fully saturated rings. The zero-order valence-electron chi connectivity index (χ0n) is 19.5. The Hall–Kier alpha value is -2.34. The Balaban J connectivity index is 1.77. The second-order valence-corrected chi connectivity index (χ2v) is 10.0. The van der Waals surface area contributed by atoms with Gasteiger partial charge in [-0.1, -0.05) is 30.3 Å². The Morgan fingerprint density at radius 1 is 1.03 bits per heavy atom. The molecule has 4 aliphatic carbocycles. The van der Waals surface area contributed by atoms with Crippen molar-refractivity contribution in [1.29, 1.82) is 0 Å². The molecule has 12 heteroatoms. The molecule has 4 aliphatic rings. The number of carbonyl (C=O) groups excluding carboxylic acids is 2. The van der Waals surface area contributed by atoms with E-state index in [4.69, 9.17) is 14.2 Å². The van der Waals surface area contributed by atoms with Gasteiger partial charge in [0.1, 0.15) is 5.60 Å². The van der Waals surface area contributed by atoms with Crippen LogP contribution in [0.5, 0.6) is 0 Å². The lowest BCUT2D eigenvalue weighted by Gasteiger charge is -2.65. The quantitative estimate of drug-likeness (QED) is 0.309. The van der Waals surface area contributed by atoms with Crippen LogP contribution in [0.1, 0.15) is 43.7 Å². The largest absolute Gasteiger partial charge is 0.490 e. The average Bonchev–Trinajstić information content (AvgIpc) is 2.76. The lowest BCUT2D eigenvalue weighted by molar-refractivity contribution is -0.279. The van der Waals surface area contributed by atoms with E-state index in [9.17, 15) is 35.9 Å². The van der Waals surface area contributed by atoms with Gasteiger partial charge in [-0.25, -0.2) is 4.79 Å². The molecule has 6 nitrogen and oxygen atoms in total. The van der Waals surface area contributed by atoms with Gasteiger partial charge >= 0.3 is 24.2 Å². The highest BCUT2D eigenvalue weighted by Crippen LogP contribution is 2.65. The highest BCUT2D eigenvalue weighted by atomic mass is 19.4. The first-order chi connectivity index (χ1) is 16.8. The number of nitrogens with one attached hydrogen (secondary N) is 1. The number of amides is 1. The van der Waals surface area contributed by atoms with Gasteiger partial charge in [0, 0.05) is 19.4 Å². The molecule has 0 aromatic heterocycles. The molecular weight excluding hydrogens is 496 g/mol. The predicted octanol–water partition coefficient (Wildman–Crippen LogP) is 4.49. The topological polar surface area (TPSA) is 73.9 Å². The van der Waals surface area contributed by atoms with E-state index in [-0.39, 0.29) is 37.5 Å². The predicted molar refractivity (Wildman–Crippen MR) is 112 cm³/mol. The number of hydrogen-bond acceptors (Lipinski definition) is 5. The van der Waals surface area contributed by atoms with Crippen molar-refractivity contribution in [2.75, 3.05) is 20.3 Å². The number of carbonyl (C=O) groups is 2. The molecular formula is C24H27F6NO5. The minimum Gasteiger partial charge on any atom is -0.452 e. The van der Waals surface area contributed by atoms with Crippen LogP contribution in [0.25, 0.3) is 0 Å². The molecule has 2 unspecified atom stereocenters. The highest BCUT2D eigenvalue weighted by Gasteiger charge is 2.68. The fraction of sp³-hybridized carbons (Fsp3) is 0.667. The monoisotopic (exact) mass is 523 g/mol. The van der Waals surface area contributed by atoms with Gasteiger partial charge < -0.3 is 19.5 Å². The molecule has 0 spiro atoms. The van der Waals surface area contributed by atoms with Crippen LogP contribution in [-0.4, -0.2) is 55.8 Å². The average molecular weight is 523 g/mol. The fourth-order valence-electron chi connectivity index (χ4n) is 6.78. The number of ether oxygens (including phenoxy) is 3. The highest BCUT2D eigenvalue weighted by molar-refractivity contribution is 5.82. The van der Waals surface area contributed by atoms with E-state index in [0.717, 1.165) is 0 Å². The molecule has 36 heavy (non-hydrogen) atoms. The smallest absolute Gasteiger partial charge is 0.452 e. The number of esters is 1. The van der Waals surface area contributed by atoms with Crippen molar-refractivity contribution in [3.8, 4) is 0 Å². The van der Waals surface area contributed by atoms with Crippen LogP contribution in [0.3, 0.4) is 0 Å². The van der Waals surface area contributed by atoms with Crippen LogP contribution >= 0.6 is 0 Å². The first kappa shape index (κ1) is 26.7. The van der Waals surface area contributed by atoms with Crippen LogP contribution in [0.4, 0.5) is 26.3 Å². The molecule has 1 N–H and O–H groups in total. The first-order valence-corrected chi connectivity index (χ1v) is 11.6. The van der Waals surface area contributed by atoms with Crippen molar-refractivity contribution in [1.82, 2.24) is 5.32 Å². The molecule has 1 aromatic carbocycles. The summed E-state index contributed by atoms with van der Waals surface area (Å²) in [7, 11) is 1.47. The van der Waals surface area contributed by atoms with Gasteiger partial charge in [-0.05, 0) is 43.1 Å². The van der Waals surface area contributed by atoms with Gasteiger partial charge in [0.15, 0.2) is 0 Å². The van der Waals surface area contributed by atoms with Crippen molar-refractivity contribution in [2.45, 2.75) is 61.7 Å². The summed E-state index contributed by atoms with van der Waals surface area (Å²) in [6.45, 7) is 0.404. The van der Waals surface area contributed by atoms with Crippen molar-refractivity contribution in [3.05, 3.63) is 35.9 Å². The second kappa shape index (κ2) is 9.51. The summed E-state index contributed by atoms with van der Waals surface area (Å²) in [5, 5.41) is 2.01. The summed E-state index contributed by atoms with van der Waals surface area (Å²) in [5.41, 5.74) is -2.39. The zero-order valence-corrected chi connectivity index (χ0v) is 19.5. The summed E-state index contributed by atoms with van der Waals surface area (Å²) in [6.07, 6.45) is -9.18. The summed E-state index contributed by atoms with van der Waals surface area (Å²) in [6, 6.07) is 6.40. The third kappa shape index (κ3) is 5.20. The number of alkyl halides is 6. The summed E-state index contributed by atoms with van der Waals surface area (Å²) >= 11 is 0. The summed E-state index contributed by atoms with van der Waals surface area (Å²) in [5.74, 6) is -6.24. The number of methoxy groups -OCH3 is 1. The van der Waals surface area contributed by atoms with Gasteiger partial charge in [0.05, 0.1) is 24.9 Å². The standard InChI is InChI=1S/C24H27F6NO5/c1-34-7-8-35-21-10-14-9-16(12-21)17(22(11-14,13-21)36-20(33)24(28,29)30)18(15-5-3-2-4-6-15)31-19(32)23(25,26)27/h2-6,14,16-18H,7-13H2,1H3,(H,31,32)/t14?,16?,17-,18+,21+,22+/m1/s1. The van der Waals surface area contributed by atoms with Crippen LogP contribution in [0, 0.1) is 17.8 Å². The van der Waals surface area contributed by atoms with Crippen molar-refractivity contribution < 1.29 is 50.1 Å². The minimum absolute atomic E-state index is 0.0383. The Bertz CT molecular complexity index is 970. The third-order valence-corrected chi connectivity index (χ3v) is 7.59. The Labute approximate surface area is 203 Å². The Morgan fingerprint density at radius 3 is 2.33 bits per heavy atom. The summed E-state index contributed by atoms with van der Waals surface area (Å²) < 4.78 is 96.2. The lowest BCUT2D eigenvalue weighted by atomic mass is 9.46. The van der Waals surface area contributed by atoms with Crippen molar-refractivity contribution in [3.63, 3.8) is 0 Å². The number of benzene rings is 1. The fourth-order valence-corrected chi connectivity index (χ4v) is 6.78. The van der Waals surface area contributed by atoms with E-state index in [1.165, 1.54) is 19.2 Å². The normalized spacial score (nSPS) is 32.2. The van der Waals surface area contributed by atoms with Crippen LogP contribution in [0.2, 0.25) is 0 Å². The Morgan fingerprint density at radius 2 is 1.72 bits per heavy atom. The van der Waals surface area contributed by atoms with E-state index >= 15 is 0 Å². The van der Waals surface area contributed by atoms with Gasteiger partial charge in [-0.2, -0.15) is 26.3 Å². The van der Waals surface area contributed by atoms with Crippen LogP contribution < -0.4 is 5.32 Å². The van der Waals surface area contributed by atoms with Crippen molar-refractivity contribution in [2.24, 2.45) is 17.8 Å². The first-order valence-electron chi connectivity index (χ1n) is 11.6. The molecule has 200 valence electrons. The SMILES string of the molecule is COCCO[C@@]12CC3CC(C1)[C@H]([C@@H](NC(=O)C(F)(F)F)c1ccccc1)[C@](OC(=O)C(F)(F)F)(C3)C2. The maximum absolute atomic E-state index is 13.4. The van der Waals surface area contributed by atoms with E-state index < -0.39 is 53.3 Å². The second-order valence-electron chi connectivity index (χ2n) is 10.0. The van der Waals surface area contributed by atoms with Gasteiger partial charge in [0.25, 0.3) is 0 Å². The molecule has 1 aromatic rings. The molecule has 0 saturated heterocycles. The lowest BCUT2D eigenvalue weighted by Crippen LogP contribution is -2.68. The molecule has 5 rings (SSSR count). The van der Waals surface area contributed by atoms with E-state index in [1.54, 1.807) is 18.2 Å². The molecule has 1 amide bonds. The molecule has 0 heterocycles. The molecule has 6 atom stereocenters. The third-order valence-electron chi connectivity index (χ3n) is 7.59. The van der Waals surface area contributed by atoms with Crippen LogP contribution in [-0.2, 0) is 23.8 Å². The zero-order chi connectivity index (χ0) is 26.4. The van der Waals surface area contributed by atoms with E-state index in [1.807, 2.05) is 5.32 Å². The summed E-state index contributed by atoms with van der Waals surface area (Å²) in [4.78, 5) is 24.2. The number of rotatable bonds is 8. The number of halogens is 6. The van der Waals surface area contributed by atoms with Crippen molar-refractivity contribution >= 4 is 11.9 Å². The van der Waals surface area contributed by atoms with E-state index in [0.29, 0.717) is 19.3 Å². The van der Waals surface area contributed by atoms with Crippen LogP contribution in [0.15, 0.2) is 30.3 Å². The molecule has 4 saturated carbocycles. The van der Waals surface area contributed by atoms with E-state index in [2.05, 4.69) is 0 Å². The van der Waals surface area contributed by atoms with Gasteiger partial charge in [-0.15, -0.1) is 0 Å².